The standard InChI is InChI=1S/C10H9NOS/c12-9-3-1-2-8(6-9)10-7-11-4-5-13-10/h1-7,10,12H. The maximum atomic E-state index is 9.27. The van der Waals surface area contributed by atoms with Gasteiger partial charge < -0.3 is 5.11 Å². The van der Waals surface area contributed by atoms with Gasteiger partial charge in [-0.1, -0.05) is 12.1 Å². The summed E-state index contributed by atoms with van der Waals surface area (Å²) in [5.74, 6) is 0.307. The van der Waals surface area contributed by atoms with Gasteiger partial charge in [-0.25, -0.2) is 0 Å². The van der Waals surface area contributed by atoms with Crippen LogP contribution < -0.4 is 0 Å². The monoisotopic (exact) mass is 191 g/mol. The van der Waals surface area contributed by atoms with Crippen molar-refractivity contribution in [3.05, 3.63) is 41.4 Å². The van der Waals surface area contributed by atoms with Gasteiger partial charge in [0.05, 0.1) is 5.25 Å². The van der Waals surface area contributed by atoms with E-state index in [9.17, 15) is 5.11 Å². The van der Waals surface area contributed by atoms with Crippen molar-refractivity contribution in [1.29, 1.82) is 0 Å². The highest BCUT2D eigenvalue weighted by atomic mass is 32.2. The molecule has 1 aliphatic rings. The predicted octanol–water partition coefficient (Wildman–Crippen LogP) is 2.72. The average Bonchev–Trinajstić information content (AvgIpc) is 2.19. The van der Waals surface area contributed by atoms with Crippen molar-refractivity contribution >= 4 is 18.0 Å². The zero-order valence-electron chi connectivity index (χ0n) is 6.92. The van der Waals surface area contributed by atoms with Crippen LogP contribution in [0.5, 0.6) is 5.75 Å². The lowest BCUT2D eigenvalue weighted by molar-refractivity contribution is 0.475. The maximum absolute atomic E-state index is 9.27. The fourth-order valence-electron chi connectivity index (χ4n) is 1.18. The van der Waals surface area contributed by atoms with Gasteiger partial charge in [0.2, 0.25) is 0 Å². The second-order valence-electron chi connectivity index (χ2n) is 2.73. The normalized spacial score (nSPS) is 20.5. The summed E-state index contributed by atoms with van der Waals surface area (Å²) >= 11 is 1.68. The first-order valence-electron chi connectivity index (χ1n) is 3.99. The Kier molecular flexibility index (Phi) is 2.36. The lowest BCUT2D eigenvalue weighted by Gasteiger charge is -2.11. The summed E-state index contributed by atoms with van der Waals surface area (Å²) in [6, 6.07) is 7.27. The average molecular weight is 191 g/mol. The minimum absolute atomic E-state index is 0.233. The Morgan fingerprint density at radius 3 is 3.00 bits per heavy atom. The molecular formula is C10H9NOS. The number of hydrogen-bond donors (Lipinski definition) is 1. The van der Waals surface area contributed by atoms with Gasteiger partial charge in [-0.3, -0.25) is 4.99 Å². The molecule has 0 bridgehead atoms. The third-order valence-corrected chi connectivity index (χ3v) is 2.76. The Morgan fingerprint density at radius 2 is 2.31 bits per heavy atom. The number of thioether (sulfide) groups is 1. The van der Waals surface area contributed by atoms with E-state index in [0.717, 1.165) is 5.56 Å². The van der Waals surface area contributed by atoms with Crippen LogP contribution in [0.15, 0.2) is 40.9 Å². The smallest absolute Gasteiger partial charge is 0.115 e. The third kappa shape index (κ3) is 1.92. The van der Waals surface area contributed by atoms with Crippen LogP contribution in [0.3, 0.4) is 0 Å². The number of benzene rings is 1. The number of phenolic OH excluding ortho intramolecular Hbond substituents is 1. The molecule has 1 aliphatic heterocycles. The number of aliphatic imine (C=N–C) groups is 1. The van der Waals surface area contributed by atoms with Crippen LogP contribution in [0.4, 0.5) is 0 Å². The molecule has 1 aromatic rings. The molecule has 1 heterocycles. The summed E-state index contributed by atoms with van der Waals surface area (Å²) in [6.45, 7) is 0. The number of hydrogen-bond acceptors (Lipinski definition) is 3. The molecule has 0 aliphatic carbocycles. The maximum Gasteiger partial charge on any atom is 0.115 e. The number of rotatable bonds is 1. The lowest BCUT2D eigenvalue weighted by atomic mass is 10.1. The van der Waals surface area contributed by atoms with E-state index in [1.165, 1.54) is 0 Å². The van der Waals surface area contributed by atoms with E-state index in [1.54, 1.807) is 30.1 Å². The Balaban J connectivity index is 2.25. The van der Waals surface area contributed by atoms with Crippen molar-refractivity contribution in [3.63, 3.8) is 0 Å². The van der Waals surface area contributed by atoms with Crippen molar-refractivity contribution in [2.24, 2.45) is 4.99 Å². The molecule has 13 heavy (non-hydrogen) atoms. The molecule has 1 atom stereocenters. The second kappa shape index (κ2) is 3.66. The molecule has 0 saturated carbocycles. The SMILES string of the molecule is Oc1cccc(C2C=NC=CS2)c1. The lowest BCUT2D eigenvalue weighted by Crippen LogP contribution is -1.95. The minimum Gasteiger partial charge on any atom is -0.508 e. The summed E-state index contributed by atoms with van der Waals surface area (Å²) in [5.41, 5.74) is 1.08. The first-order valence-corrected chi connectivity index (χ1v) is 4.93. The largest absolute Gasteiger partial charge is 0.508 e. The molecule has 0 amide bonds. The highest BCUT2D eigenvalue weighted by Gasteiger charge is 2.09. The topological polar surface area (TPSA) is 32.6 Å². The highest BCUT2D eigenvalue weighted by Crippen LogP contribution is 2.31. The van der Waals surface area contributed by atoms with Crippen molar-refractivity contribution in [3.8, 4) is 5.75 Å². The van der Waals surface area contributed by atoms with E-state index in [0.29, 0.717) is 5.75 Å². The van der Waals surface area contributed by atoms with Gasteiger partial charge in [-0.05, 0) is 23.1 Å². The van der Waals surface area contributed by atoms with Crippen LogP contribution in [-0.4, -0.2) is 11.3 Å². The molecule has 2 nitrogen and oxygen atoms in total. The Bertz CT molecular complexity index is 360. The molecule has 1 aromatic carbocycles. The molecule has 0 fully saturated rings. The summed E-state index contributed by atoms with van der Waals surface area (Å²) in [6.07, 6.45) is 3.64. The molecule has 0 aromatic heterocycles. The quantitative estimate of drug-likeness (QED) is 0.740. The third-order valence-electron chi connectivity index (χ3n) is 1.79. The van der Waals surface area contributed by atoms with Crippen LogP contribution in [0.2, 0.25) is 0 Å². The summed E-state index contributed by atoms with van der Waals surface area (Å²) < 4.78 is 0. The van der Waals surface area contributed by atoms with Crippen molar-refractivity contribution in [2.75, 3.05) is 0 Å². The minimum atomic E-state index is 0.233. The molecule has 0 saturated heterocycles. The van der Waals surface area contributed by atoms with E-state index in [-0.39, 0.29) is 5.25 Å². The van der Waals surface area contributed by atoms with Gasteiger partial charge in [0.25, 0.3) is 0 Å². The summed E-state index contributed by atoms with van der Waals surface area (Å²) in [5, 5.41) is 11.5. The van der Waals surface area contributed by atoms with Gasteiger partial charge in [-0.15, -0.1) is 11.8 Å². The molecule has 0 radical (unpaired) electrons. The molecule has 3 heteroatoms. The zero-order valence-corrected chi connectivity index (χ0v) is 7.74. The van der Waals surface area contributed by atoms with Crippen molar-refractivity contribution < 1.29 is 5.11 Å². The first-order chi connectivity index (χ1) is 6.36. The van der Waals surface area contributed by atoms with Crippen molar-refractivity contribution in [1.82, 2.24) is 0 Å². The van der Waals surface area contributed by atoms with E-state index >= 15 is 0 Å². The van der Waals surface area contributed by atoms with Crippen LogP contribution in [0, 0.1) is 0 Å². The van der Waals surface area contributed by atoms with Gasteiger partial charge in [0, 0.05) is 12.4 Å². The van der Waals surface area contributed by atoms with Gasteiger partial charge in [0.1, 0.15) is 5.75 Å². The molecule has 1 unspecified atom stereocenters. The zero-order chi connectivity index (χ0) is 9.10. The van der Waals surface area contributed by atoms with Crippen LogP contribution in [0.25, 0.3) is 0 Å². The Hall–Kier alpha value is -1.22. The van der Waals surface area contributed by atoms with Crippen molar-refractivity contribution in [2.45, 2.75) is 5.25 Å². The van der Waals surface area contributed by atoms with E-state index < -0.39 is 0 Å². The second-order valence-corrected chi connectivity index (χ2v) is 3.79. The molecule has 66 valence electrons. The predicted molar refractivity (Wildman–Crippen MR) is 56.1 cm³/mol. The Morgan fingerprint density at radius 1 is 1.38 bits per heavy atom. The van der Waals surface area contributed by atoms with Crippen LogP contribution in [-0.2, 0) is 0 Å². The number of nitrogens with zero attached hydrogens (tertiary/aromatic N) is 1. The van der Waals surface area contributed by atoms with Crippen LogP contribution in [0.1, 0.15) is 10.8 Å². The molecule has 1 N–H and O–H groups in total. The Labute approximate surface area is 81.0 Å². The fraction of sp³-hybridized carbons (Fsp3) is 0.100. The van der Waals surface area contributed by atoms with E-state index in [2.05, 4.69) is 4.99 Å². The molecule has 0 spiro atoms. The molecule has 2 rings (SSSR count). The van der Waals surface area contributed by atoms with Gasteiger partial charge >= 0.3 is 0 Å². The summed E-state index contributed by atoms with van der Waals surface area (Å²) in [7, 11) is 0. The number of aromatic hydroxyl groups is 1. The van der Waals surface area contributed by atoms with E-state index in [1.807, 2.05) is 23.8 Å². The fourth-order valence-corrected chi connectivity index (χ4v) is 1.94. The highest BCUT2D eigenvalue weighted by molar-refractivity contribution is 8.03. The van der Waals surface area contributed by atoms with Gasteiger partial charge in [-0.2, -0.15) is 0 Å². The summed E-state index contributed by atoms with van der Waals surface area (Å²) in [4.78, 5) is 4.06. The van der Waals surface area contributed by atoms with Crippen LogP contribution >= 0.6 is 11.8 Å². The first kappa shape index (κ1) is 8.38. The molecular weight excluding hydrogens is 182 g/mol. The van der Waals surface area contributed by atoms with E-state index in [4.69, 9.17) is 0 Å². The van der Waals surface area contributed by atoms with Gasteiger partial charge in [0.15, 0.2) is 0 Å². The number of phenols is 1.